The van der Waals surface area contributed by atoms with Gasteiger partial charge in [-0.3, -0.25) is 9.48 Å². The predicted octanol–water partition coefficient (Wildman–Crippen LogP) is 9.27. The lowest BCUT2D eigenvalue weighted by molar-refractivity contribution is -0.221. The highest BCUT2D eigenvalue weighted by Gasteiger charge is 2.70. The third-order valence-corrected chi connectivity index (χ3v) is 20.7. The van der Waals surface area contributed by atoms with Crippen LogP contribution in [0.5, 0.6) is 5.88 Å². The largest absolute Gasteiger partial charge is 0.481 e. The second-order valence-corrected chi connectivity index (χ2v) is 24.4. The van der Waals surface area contributed by atoms with E-state index in [2.05, 4.69) is 75.6 Å². The molecule has 13 heteroatoms. The van der Waals surface area contributed by atoms with Crippen molar-refractivity contribution in [3.63, 3.8) is 0 Å². The Morgan fingerprint density at radius 3 is 2.31 bits per heavy atom. The number of nitrogens with one attached hydrogen (secondary N) is 1. The molecule has 61 heavy (non-hydrogen) atoms. The Hall–Kier alpha value is -2.64. The van der Waals surface area contributed by atoms with E-state index in [1.807, 2.05) is 0 Å². The molecule has 10 atom stereocenters. The molecule has 7 aliphatic rings. The number of halogens is 3. The number of alkyl halides is 3. The van der Waals surface area contributed by atoms with Crippen LogP contribution in [0.4, 0.5) is 13.2 Å². The molecule has 0 bridgehead atoms. The fourth-order valence-electron chi connectivity index (χ4n) is 15.6. The maximum absolute atomic E-state index is 13.4. The van der Waals surface area contributed by atoms with E-state index in [0.717, 1.165) is 36.7 Å². The van der Waals surface area contributed by atoms with Crippen molar-refractivity contribution in [3.05, 3.63) is 47.2 Å². The predicted molar refractivity (Wildman–Crippen MR) is 232 cm³/mol. The molecule has 6 aliphatic carbocycles. The van der Waals surface area contributed by atoms with Gasteiger partial charge in [-0.15, -0.1) is 5.10 Å². The molecule has 340 valence electrons. The summed E-state index contributed by atoms with van der Waals surface area (Å²) in [4.78, 5) is 15.1. The maximum Gasteiger partial charge on any atom is 0.433 e. The number of sulfone groups is 1. The number of carboxylic acids is 1. The highest BCUT2D eigenvalue weighted by atomic mass is 32.2. The highest BCUT2D eigenvalue weighted by Crippen LogP contribution is 2.76. The summed E-state index contributed by atoms with van der Waals surface area (Å²) in [5.41, 5.74) is 2.18. The Bertz CT molecular complexity index is 2080. The molecule has 1 unspecified atom stereocenters. The zero-order valence-electron chi connectivity index (χ0n) is 37.7. The van der Waals surface area contributed by atoms with Gasteiger partial charge in [-0.05, 0) is 146 Å². The number of rotatable bonds is 10. The maximum atomic E-state index is 13.4. The van der Waals surface area contributed by atoms with Gasteiger partial charge in [0.15, 0.2) is 9.84 Å². The van der Waals surface area contributed by atoms with E-state index >= 15 is 0 Å². The minimum Gasteiger partial charge on any atom is -0.481 e. The van der Waals surface area contributed by atoms with E-state index in [0.29, 0.717) is 55.5 Å². The highest BCUT2D eigenvalue weighted by molar-refractivity contribution is 7.91. The molecule has 0 aromatic carbocycles. The Morgan fingerprint density at radius 1 is 0.967 bits per heavy atom. The first-order valence-electron chi connectivity index (χ1n) is 23.1. The molecular weight excluding hydrogens is 802 g/mol. The lowest BCUT2D eigenvalue weighted by atomic mass is 9.33. The van der Waals surface area contributed by atoms with Crippen molar-refractivity contribution < 1.29 is 36.2 Å². The number of allylic oxidation sites excluding steroid dienone is 5. The van der Waals surface area contributed by atoms with E-state index in [-0.39, 0.29) is 57.6 Å². The average Bonchev–Trinajstić information content (AvgIpc) is 3.76. The van der Waals surface area contributed by atoms with Gasteiger partial charge >= 0.3 is 12.1 Å². The molecule has 0 amide bonds. The molecule has 2 heterocycles. The van der Waals surface area contributed by atoms with Gasteiger partial charge in [0, 0.05) is 44.8 Å². The Labute approximate surface area is 362 Å². The van der Waals surface area contributed by atoms with Crippen molar-refractivity contribution in [2.75, 3.05) is 44.3 Å². The second-order valence-electron chi connectivity index (χ2n) is 22.1. The van der Waals surface area contributed by atoms with Crippen LogP contribution in [-0.2, 0) is 27.9 Å². The summed E-state index contributed by atoms with van der Waals surface area (Å²) in [6.45, 7) is 22.4. The van der Waals surface area contributed by atoms with Crippen LogP contribution in [0.2, 0.25) is 0 Å². The Kier molecular flexibility index (Phi) is 11.2. The van der Waals surface area contributed by atoms with Crippen molar-refractivity contribution >= 4 is 15.8 Å². The third kappa shape index (κ3) is 7.28. The van der Waals surface area contributed by atoms with Crippen LogP contribution in [0.25, 0.3) is 0 Å². The second kappa shape index (κ2) is 15.2. The molecule has 1 aromatic rings. The van der Waals surface area contributed by atoms with Crippen LogP contribution in [0.15, 0.2) is 41.5 Å². The van der Waals surface area contributed by atoms with Crippen LogP contribution < -0.4 is 10.1 Å². The summed E-state index contributed by atoms with van der Waals surface area (Å²) in [5, 5.41) is 18.5. The first-order chi connectivity index (χ1) is 28.4. The molecule has 5 fully saturated rings. The first kappa shape index (κ1) is 44.9. The number of carboxylic acid groups (broad SMARTS) is 1. The van der Waals surface area contributed by atoms with E-state index in [9.17, 15) is 31.5 Å². The van der Waals surface area contributed by atoms with Gasteiger partial charge in [-0.1, -0.05) is 58.9 Å². The molecule has 1 aliphatic heterocycles. The molecule has 2 N–H and O–H groups in total. The number of aliphatic carboxylic acids is 1. The standard InChI is InChI=1S/C48H71F3N4O5S/c1-31(2)33-13-20-47(52-23-24-55-25-27-61(58,59)28-26-55)22-21-44(6)35(40(33)47)9-10-37-43(5)16-14-34(42(3,4)36(43)15-17-45(37,44)7)32-11-18-46(19-12-32,41(56)57)30-60-39-29-38(48(49,50)51)54(8)53-39/h11,14,29,33,35-37,40,52H,1,9-10,12-13,15-28,30H2,2-8H3,(H,56,57)/t33-,35+,36-,37+,40+,43-,44+,45+,46?,47-/m1/s1. The van der Waals surface area contributed by atoms with Gasteiger partial charge in [0.05, 0.1) is 11.5 Å². The van der Waals surface area contributed by atoms with Crippen molar-refractivity contribution in [1.29, 1.82) is 0 Å². The fraction of sp³-hybridized carbons (Fsp3) is 0.792. The van der Waals surface area contributed by atoms with Crippen molar-refractivity contribution in [3.8, 4) is 5.88 Å². The Morgan fingerprint density at radius 2 is 1.69 bits per heavy atom. The summed E-state index contributed by atoms with van der Waals surface area (Å²) < 4.78 is 70.8. The van der Waals surface area contributed by atoms with Gasteiger partial charge in [0.25, 0.3) is 0 Å². The molecule has 8 rings (SSSR count). The van der Waals surface area contributed by atoms with Gasteiger partial charge < -0.3 is 20.1 Å². The minimum atomic E-state index is -4.59. The minimum absolute atomic E-state index is 0.0948. The van der Waals surface area contributed by atoms with E-state index in [1.54, 1.807) is 0 Å². The number of aryl methyl sites for hydroxylation is 1. The monoisotopic (exact) mass is 873 g/mol. The normalized spacial score (nSPS) is 40.7. The summed E-state index contributed by atoms with van der Waals surface area (Å²) in [6.07, 6.45) is 11.7. The number of hydrogen-bond donors (Lipinski definition) is 2. The van der Waals surface area contributed by atoms with Crippen LogP contribution in [0.3, 0.4) is 0 Å². The van der Waals surface area contributed by atoms with E-state index < -0.39 is 33.1 Å². The van der Waals surface area contributed by atoms with Crippen LogP contribution in [-0.4, -0.2) is 84.0 Å². The quantitative estimate of drug-likeness (QED) is 0.224. The first-order valence-corrected chi connectivity index (χ1v) is 24.9. The summed E-state index contributed by atoms with van der Waals surface area (Å²) in [6, 6.07) is 0.832. The number of aromatic nitrogens is 2. The number of nitrogens with zero attached hydrogens (tertiary/aromatic N) is 3. The third-order valence-electron chi connectivity index (χ3n) is 19.0. The smallest absolute Gasteiger partial charge is 0.433 e. The molecule has 9 nitrogen and oxygen atoms in total. The summed E-state index contributed by atoms with van der Waals surface area (Å²) in [7, 11) is -1.70. The number of carbonyl (C=O) groups is 1. The van der Waals surface area contributed by atoms with Crippen LogP contribution in [0.1, 0.15) is 124 Å². The van der Waals surface area contributed by atoms with Crippen molar-refractivity contribution in [1.82, 2.24) is 20.0 Å². The molecule has 0 radical (unpaired) electrons. The zero-order chi connectivity index (χ0) is 44.2. The number of ether oxygens (including phenoxy) is 1. The van der Waals surface area contributed by atoms with Gasteiger partial charge in [-0.2, -0.15) is 13.2 Å². The van der Waals surface area contributed by atoms with Gasteiger partial charge in [0.2, 0.25) is 5.88 Å². The molecule has 1 aromatic heterocycles. The molecule has 0 spiro atoms. The van der Waals surface area contributed by atoms with Gasteiger partial charge in [-0.25, -0.2) is 8.42 Å². The fourth-order valence-corrected chi connectivity index (χ4v) is 16.8. The van der Waals surface area contributed by atoms with Crippen LogP contribution >= 0.6 is 0 Å². The van der Waals surface area contributed by atoms with Crippen molar-refractivity contribution in [2.45, 2.75) is 130 Å². The molecule has 1 saturated heterocycles. The van der Waals surface area contributed by atoms with Crippen molar-refractivity contribution in [2.24, 2.45) is 63.7 Å². The molecule has 4 saturated carbocycles. The number of fused-ring (bicyclic) bond motifs is 7. The van der Waals surface area contributed by atoms with E-state index in [4.69, 9.17) is 4.74 Å². The topological polar surface area (TPSA) is 114 Å². The summed E-state index contributed by atoms with van der Waals surface area (Å²) in [5.74, 6) is 2.03. The zero-order valence-corrected chi connectivity index (χ0v) is 38.5. The average molecular weight is 873 g/mol. The Balaban J connectivity index is 0.996. The molecular formula is C48H71F3N4O5S. The van der Waals surface area contributed by atoms with Crippen LogP contribution in [0, 0.1) is 56.7 Å². The summed E-state index contributed by atoms with van der Waals surface area (Å²) >= 11 is 0. The SMILES string of the molecule is C=C(C)[C@H]1CC[C@@]2(NCCN3CCS(=O)(=O)CC3)CC[C@@]3(C)[C@@H](CC[C@H]4[C@]5(C)CC=C(C6=CCC(COc7cc(C(F)(F)F)n(C)n7)(C(=O)O)CC6)C(C)(C)[C@H]5CC[C@@]43C)[C@H]12. The lowest BCUT2D eigenvalue weighted by Gasteiger charge is -2.72. The van der Waals surface area contributed by atoms with E-state index in [1.165, 1.54) is 68.7 Å². The van der Waals surface area contributed by atoms with Gasteiger partial charge in [0.1, 0.15) is 17.7 Å². The number of hydrogen-bond acceptors (Lipinski definition) is 7. The lowest BCUT2D eigenvalue weighted by Crippen LogP contribution is -2.68.